The standard InChI is InChI=1S/C48H60B30O/c49-17-3-1(5-8(22(54)39(71)36(68)19(5)51)12-29(61)41(73)45(77)42(74)30(12)62)4-7(21(53)38(70)35(67)18(4)50)2(6(3)20(52)37(69)34(17)66)11-24(56)26(58)13(27(59)25(11)57)9-10-15-32(64)28(60)14-16(33(65)43(75)40(72)31(14)63)47(15)79-48(10)46(78)44(76)23(9)55/h49-78H2. The van der Waals surface area contributed by atoms with Gasteiger partial charge in [0.1, 0.15) is 247 Å². The smallest absolute Gasteiger partial charge is 0.143 e. The maximum Gasteiger partial charge on any atom is 0.143 e. The molecular weight excluding hydrogens is 917 g/mol. The van der Waals surface area contributed by atoms with Gasteiger partial charge in [-0.3, -0.25) is 0 Å². The summed E-state index contributed by atoms with van der Waals surface area (Å²) in [5.41, 5.74) is 54.1. The van der Waals surface area contributed by atoms with E-state index in [-0.39, 0.29) is 0 Å². The second kappa shape index (κ2) is 19.6. The third kappa shape index (κ3) is 7.52. The molecule has 0 radical (unpaired) electrons. The van der Waals surface area contributed by atoms with Crippen molar-refractivity contribution in [2.75, 3.05) is 0 Å². The zero-order valence-corrected chi connectivity index (χ0v) is 54.4. The van der Waals surface area contributed by atoms with Crippen molar-refractivity contribution in [1.29, 1.82) is 0 Å². The van der Waals surface area contributed by atoms with Gasteiger partial charge in [0.05, 0.1) is 0 Å². The van der Waals surface area contributed by atoms with Crippen molar-refractivity contribution in [3.05, 3.63) is 0 Å². The molecule has 0 aliphatic heterocycles. The molecule has 0 bridgehead atoms. The van der Waals surface area contributed by atoms with Gasteiger partial charge in [-0.05, 0) is 71.4 Å². The Hall–Kier alpha value is -4.49. The van der Waals surface area contributed by atoms with Crippen LogP contribution in [0.5, 0.6) is 0 Å². The van der Waals surface area contributed by atoms with Crippen LogP contribution in [0.3, 0.4) is 0 Å². The SMILES string of the molecule is Bc1c(B)c(B)c(-c2c(B)c(B)c(B)c(B)c2-c2c3c(B)c(B)c(B)c(B)c3c(-c3c(B)c(B)c(-c4c(B)c(B)c(B)c5oc6c7c(B)c(B)c(B)c(B)c7c(B)c(B)c6c45)c(B)c3B)c3c(B)c(B)c(B)c(B)c23)c(B)c1B. The van der Waals surface area contributed by atoms with Crippen LogP contribution in [0.2, 0.25) is 0 Å². The summed E-state index contributed by atoms with van der Waals surface area (Å²) in [7, 11) is 71.2. The van der Waals surface area contributed by atoms with Gasteiger partial charge in [-0.15, -0.1) is 60.1 Å². The van der Waals surface area contributed by atoms with Crippen LogP contribution >= 0.6 is 0 Å². The van der Waals surface area contributed by atoms with Crippen LogP contribution < -0.4 is 164 Å². The predicted molar refractivity (Wildman–Crippen MR) is 453 cm³/mol. The van der Waals surface area contributed by atoms with E-state index in [1.807, 2.05) is 0 Å². The monoisotopic (exact) mass is 983 g/mol. The summed E-state index contributed by atoms with van der Waals surface area (Å²) in [6, 6.07) is 0. The fourth-order valence-electron chi connectivity index (χ4n) is 15.5. The van der Waals surface area contributed by atoms with E-state index in [1.54, 1.807) is 0 Å². The molecule has 10 rings (SSSR count). The maximum absolute atomic E-state index is 7.42. The lowest BCUT2D eigenvalue weighted by Gasteiger charge is -2.33. The Labute approximate surface area is 498 Å². The molecule has 10 aromatic rings. The largest absolute Gasteiger partial charge is 0.456 e. The fraction of sp³-hybridized carbons (Fsp3) is 0. The molecule has 348 valence electrons. The number of hydrogen-bond acceptors (Lipinski definition) is 1. The van der Waals surface area contributed by atoms with E-state index >= 15 is 0 Å². The Kier molecular flexibility index (Phi) is 14.3. The number of hydrogen-bond donors (Lipinski definition) is 0. The normalized spacial score (nSPS) is 11.8. The molecule has 1 aromatic heterocycles. The third-order valence-electron chi connectivity index (χ3n) is 22.9. The first kappa shape index (κ1) is 57.7. The quantitative estimate of drug-likeness (QED) is 0.127. The highest BCUT2D eigenvalue weighted by Crippen LogP contribution is 2.42. The van der Waals surface area contributed by atoms with E-state index in [1.165, 1.54) is 251 Å². The zero-order chi connectivity index (χ0) is 58.4. The Morgan fingerprint density at radius 1 is 0.114 bits per heavy atom. The van der Waals surface area contributed by atoms with Crippen LogP contribution in [-0.2, 0) is 0 Å². The fourth-order valence-corrected chi connectivity index (χ4v) is 15.5. The minimum absolute atomic E-state index is 1.02. The highest BCUT2D eigenvalue weighted by Gasteiger charge is 2.33. The van der Waals surface area contributed by atoms with E-state index in [4.69, 9.17) is 4.42 Å². The number of fused-ring (bicyclic) bond motifs is 7. The average molecular weight is 977 g/mol. The van der Waals surface area contributed by atoms with Crippen molar-refractivity contribution in [2.45, 2.75) is 0 Å². The van der Waals surface area contributed by atoms with Crippen molar-refractivity contribution in [3.8, 4) is 44.5 Å². The summed E-state index contributed by atoms with van der Waals surface area (Å²) in [6.45, 7) is 0. The van der Waals surface area contributed by atoms with Crippen LogP contribution in [0.4, 0.5) is 0 Å². The number of furan rings is 1. The van der Waals surface area contributed by atoms with Crippen molar-refractivity contribution < 1.29 is 4.42 Å². The Morgan fingerprint density at radius 3 is 0.684 bits per heavy atom. The lowest BCUT2D eigenvalue weighted by Crippen LogP contribution is -2.57. The van der Waals surface area contributed by atoms with Crippen molar-refractivity contribution >= 4 is 454 Å². The lowest BCUT2D eigenvalue weighted by molar-refractivity contribution is 0.676. The molecule has 0 aliphatic carbocycles. The molecule has 9 aromatic carbocycles. The summed E-state index contributed by atoms with van der Waals surface area (Å²) in [5, 5.41) is 10.8. The second-order valence-corrected chi connectivity index (χ2v) is 25.5. The van der Waals surface area contributed by atoms with E-state index in [0.717, 1.165) is 11.2 Å². The van der Waals surface area contributed by atoms with Gasteiger partial charge in [-0.2, -0.15) is 0 Å². The first-order valence-corrected chi connectivity index (χ1v) is 29.4. The van der Waals surface area contributed by atoms with Crippen molar-refractivity contribution in [2.24, 2.45) is 0 Å². The molecule has 0 N–H and O–H groups in total. The highest BCUT2D eigenvalue weighted by atomic mass is 16.3. The minimum Gasteiger partial charge on any atom is -0.456 e. The Morgan fingerprint density at radius 2 is 0.304 bits per heavy atom. The first-order valence-electron chi connectivity index (χ1n) is 29.4. The van der Waals surface area contributed by atoms with Gasteiger partial charge in [0, 0.05) is 16.2 Å². The van der Waals surface area contributed by atoms with Crippen LogP contribution in [0.1, 0.15) is 0 Å². The molecular formula is C48H60B30O. The first-order chi connectivity index (χ1) is 36.8. The molecule has 31 heteroatoms. The molecule has 0 unspecified atom stereocenters. The molecule has 0 amide bonds. The van der Waals surface area contributed by atoms with Crippen LogP contribution in [0.25, 0.3) is 98.8 Å². The molecule has 0 aliphatic rings. The summed E-state index contributed by atoms with van der Waals surface area (Å²) >= 11 is 0. The molecule has 79 heavy (non-hydrogen) atoms. The minimum atomic E-state index is 1.02. The van der Waals surface area contributed by atoms with E-state index < -0.39 is 0 Å². The highest BCUT2D eigenvalue weighted by molar-refractivity contribution is 6.77. The van der Waals surface area contributed by atoms with E-state index in [2.05, 4.69) is 235 Å². The third-order valence-corrected chi connectivity index (χ3v) is 22.9. The topological polar surface area (TPSA) is 13.1 Å². The Bertz CT molecular complexity index is 4460. The van der Waals surface area contributed by atoms with Crippen LogP contribution in [0.15, 0.2) is 4.42 Å². The predicted octanol–water partition coefficient (Wildman–Crippen LogP) is -38.5. The lowest BCUT2D eigenvalue weighted by atomic mass is 9.54. The van der Waals surface area contributed by atoms with E-state index in [9.17, 15) is 0 Å². The van der Waals surface area contributed by atoms with Gasteiger partial charge in [-0.25, -0.2) is 0 Å². The van der Waals surface area contributed by atoms with Gasteiger partial charge >= 0.3 is 0 Å². The summed E-state index contributed by atoms with van der Waals surface area (Å²) in [6.07, 6.45) is 0. The van der Waals surface area contributed by atoms with Gasteiger partial charge < -0.3 is 4.42 Å². The van der Waals surface area contributed by atoms with Crippen molar-refractivity contribution in [3.63, 3.8) is 0 Å². The van der Waals surface area contributed by atoms with Gasteiger partial charge in [0.25, 0.3) is 0 Å². The molecule has 0 fully saturated rings. The van der Waals surface area contributed by atoms with E-state index in [0.29, 0.717) is 0 Å². The molecule has 0 saturated heterocycles. The van der Waals surface area contributed by atoms with Gasteiger partial charge in [0.15, 0.2) is 0 Å². The summed E-state index contributed by atoms with van der Waals surface area (Å²) < 4.78 is 7.42. The second-order valence-electron chi connectivity index (χ2n) is 25.5. The van der Waals surface area contributed by atoms with Gasteiger partial charge in [0.2, 0.25) is 0 Å². The summed E-state index contributed by atoms with van der Waals surface area (Å²) in [4.78, 5) is 0. The molecule has 0 atom stereocenters. The maximum atomic E-state index is 7.42. The molecule has 0 saturated carbocycles. The van der Waals surface area contributed by atoms with Crippen LogP contribution in [-0.4, -0.2) is 235 Å². The molecule has 1 heterocycles. The van der Waals surface area contributed by atoms with Crippen LogP contribution in [0, 0.1) is 0 Å². The molecule has 0 spiro atoms. The zero-order valence-electron chi connectivity index (χ0n) is 54.4. The molecule has 1 nitrogen and oxygen atoms in total. The van der Waals surface area contributed by atoms with Gasteiger partial charge in [-0.1, -0.05) is 104 Å². The number of rotatable bonds is 4. The number of benzene rings is 9. The summed E-state index contributed by atoms with van der Waals surface area (Å²) in [5.74, 6) is 0. The Balaban J connectivity index is 1.46. The van der Waals surface area contributed by atoms with Crippen molar-refractivity contribution in [1.82, 2.24) is 0 Å². The average Bonchev–Trinajstić information content (AvgIpc) is 3.99.